The first-order valence-electron chi connectivity index (χ1n) is 7.48. The number of hydrogen-bond donors (Lipinski definition) is 1. The van der Waals surface area contributed by atoms with E-state index in [-0.39, 0.29) is 11.1 Å². The van der Waals surface area contributed by atoms with Crippen molar-refractivity contribution in [3.05, 3.63) is 35.9 Å². The Morgan fingerprint density at radius 2 is 2.05 bits per heavy atom. The summed E-state index contributed by atoms with van der Waals surface area (Å²) in [4.78, 5) is 2.48. The van der Waals surface area contributed by atoms with E-state index in [0.29, 0.717) is 6.04 Å². The number of nitrogens with zero attached hydrogens (tertiary/aromatic N) is 1. The standard InChI is InChI=1S/C18H26N2/c1-6-16-13-19-18(5,15-11-9-8-10-12-15)14-20(16)17(3,4)7-2/h2,8-12,16,19H,6,13-14H2,1,3-5H3. The Kier molecular flexibility index (Phi) is 4.22. The number of terminal acetylenes is 1. The second kappa shape index (κ2) is 5.60. The van der Waals surface area contributed by atoms with E-state index >= 15 is 0 Å². The lowest BCUT2D eigenvalue weighted by atomic mass is 9.85. The first kappa shape index (κ1) is 15.1. The third-order valence-corrected chi connectivity index (χ3v) is 4.61. The second-order valence-corrected chi connectivity index (χ2v) is 6.47. The maximum absolute atomic E-state index is 5.77. The van der Waals surface area contributed by atoms with Gasteiger partial charge in [-0.25, -0.2) is 0 Å². The first-order chi connectivity index (χ1) is 9.43. The summed E-state index contributed by atoms with van der Waals surface area (Å²) < 4.78 is 0. The Balaban J connectivity index is 2.31. The lowest BCUT2D eigenvalue weighted by molar-refractivity contribution is 0.0285. The molecule has 108 valence electrons. The molecule has 0 aliphatic carbocycles. The molecule has 1 aliphatic rings. The van der Waals surface area contributed by atoms with Gasteiger partial charge in [0.25, 0.3) is 0 Å². The summed E-state index contributed by atoms with van der Waals surface area (Å²) >= 11 is 0. The van der Waals surface area contributed by atoms with Crippen molar-refractivity contribution in [2.24, 2.45) is 0 Å². The van der Waals surface area contributed by atoms with E-state index in [2.05, 4.69) is 74.2 Å². The molecule has 1 aliphatic heterocycles. The third-order valence-electron chi connectivity index (χ3n) is 4.61. The molecule has 1 fully saturated rings. The van der Waals surface area contributed by atoms with Crippen LogP contribution in [-0.2, 0) is 5.54 Å². The van der Waals surface area contributed by atoms with Crippen LogP contribution in [0.25, 0.3) is 0 Å². The van der Waals surface area contributed by atoms with Gasteiger partial charge < -0.3 is 5.32 Å². The molecule has 2 heteroatoms. The van der Waals surface area contributed by atoms with Crippen LogP contribution in [0.5, 0.6) is 0 Å². The minimum atomic E-state index is -0.210. The Bertz CT molecular complexity index is 486. The highest BCUT2D eigenvalue weighted by Crippen LogP contribution is 2.31. The van der Waals surface area contributed by atoms with Gasteiger partial charge in [-0.3, -0.25) is 4.90 Å². The van der Waals surface area contributed by atoms with Gasteiger partial charge in [-0.05, 0) is 32.8 Å². The zero-order valence-electron chi connectivity index (χ0n) is 13.1. The van der Waals surface area contributed by atoms with Crippen molar-refractivity contribution in [1.82, 2.24) is 10.2 Å². The summed E-state index contributed by atoms with van der Waals surface area (Å²) in [5.41, 5.74) is 1.08. The molecule has 0 spiro atoms. The van der Waals surface area contributed by atoms with Gasteiger partial charge in [0.1, 0.15) is 0 Å². The number of piperazine rings is 1. The van der Waals surface area contributed by atoms with Crippen LogP contribution in [0.3, 0.4) is 0 Å². The molecule has 0 radical (unpaired) electrons. The van der Waals surface area contributed by atoms with Crippen molar-refractivity contribution in [2.75, 3.05) is 13.1 Å². The van der Waals surface area contributed by atoms with Crippen molar-refractivity contribution < 1.29 is 0 Å². The van der Waals surface area contributed by atoms with Gasteiger partial charge >= 0.3 is 0 Å². The molecule has 1 aromatic carbocycles. The highest BCUT2D eigenvalue weighted by atomic mass is 15.3. The van der Waals surface area contributed by atoms with Gasteiger partial charge in [0.15, 0.2) is 0 Å². The number of rotatable bonds is 3. The van der Waals surface area contributed by atoms with E-state index in [1.54, 1.807) is 0 Å². The zero-order valence-corrected chi connectivity index (χ0v) is 13.1. The van der Waals surface area contributed by atoms with Crippen LogP contribution in [0.15, 0.2) is 30.3 Å². The van der Waals surface area contributed by atoms with Crippen LogP contribution in [-0.4, -0.2) is 29.6 Å². The summed E-state index contributed by atoms with van der Waals surface area (Å²) in [6, 6.07) is 11.2. The van der Waals surface area contributed by atoms with E-state index in [4.69, 9.17) is 6.42 Å². The minimum Gasteiger partial charge on any atom is -0.305 e. The lowest BCUT2D eigenvalue weighted by Crippen LogP contribution is -2.65. The maximum Gasteiger partial charge on any atom is 0.0769 e. The SMILES string of the molecule is C#CC(C)(C)N1CC(C)(c2ccccc2)NCC1CC. The molecule has 20 heavy (non-hydrogen) atoms. The van der Waals surface area contributed by atoms with Crippen LogP contribution in [0, 0.1) is 12.3 Å². The molecule has 1 aromatic rings. The Hall–Kier alpha value is -1.30. The molecular weight excluding hydrogens is 244 g/mol. The van der Waals surface area contributed by atoms with E-state index in [1.165, 1.54) is 5.56 Å². The molecule has 2 atom stereocenters. The highest BCUT2D eigenvalue weighted by molar-refractivity contribution is 5.26. The Morgan fingerprint density at radius 3 is 2.60 bits per heavy atom. The summed E-state index contributed by atoms with van der Waals surface area (Å²) in [6.07, 6.45) is 6.88. The Morgan fingerprint density at radius 1 is 1.40 bits per heavy atom. The van der Waals surface area contributed by atoms with Crippen LogP contribution in [0.2, 0.25) is 0 Å². The Labute approximate surface area is 123 Å². The van der Waals surface area contributed by atoms with Crippen LogP contribution < -0.4 is 5.32 Å². The van der Waals surface area contributed by atoms with Crippen LogP contribution in [0.4, 0.5) is 0 Å². The minimum absolute atomic E-state index is 0.0406. The third kappa shape index (κ3) is 2.75. The molecule has 0 aromatic heterocycles. The monoisotopic (exact) mass is 270 g/mol. The van der Waals surface area contributed by atoms with Crippen molar-refractivity contribution in [2.45, 2.75) is 51.2 Å². The fourth-order valence-electron chi connectivity index (χ4n) is 3.08. The fourth-order valence-corrected chi connectivity index (χ4v) is 3.08. The average Bonchev–Trinajstić information content (AvgIpc) is 2.48. The lowest BCUT2D eigenvalue weighted by Gasteiger charge is -2.51. The van der Waals surface area contributed by atoms with Gasteiger partial charge in [0, 0.05) is 19.1 Å². The van der Waals surface area contributed by atoms with E-state index < -0.39 is 0 Å². The smallest absolute Gasteiger partial charge is 0.0769 e. The van der Waals surface area contributed by atoms with Crippen LogP contribution >= 0.6 is 0 Å². The summed E-state index contributed by atoms with van der Waals surface area (Å²) in [5, 5.41) is 3.73. The molecular formula is C18H26N2. The predicted molar refractivity (Wildman–Crippen MR) is 85.5 cm³/mol. The number of nitrogens with one attached hydrogen (secondary N) is 1. The molecule has 2 rings (SSSR count). The molecule has 0 amide bonds. The van der Waals surface area contributed by atoms with E-state index in [9.17, 15) is 0 Å². The van der Waals surface area contributed by atoms with Crippen molar-refractivity contribution in [3.8, 4) is 12.3 Å². The van der Waals surface area contributed by atoms with Crippen molar-refractivity contribution in [3.63, 3.8) is 0 Å². The van der Waals surface area contributed by atoms with E-state index in [1.807, 2.05) is 0 Å². The van der Waals surface area contributed by atoms with Gasteiger partial charge in [-0.1, -0.05) is 43.2 Å². The molecule has 2 nitrogen and oxygen atoms in total. The van der Waals surface area contributed by atoms with Crippen LogP contribution in [0.1, 0.15) is 39.7 Å². The maximum atomic E-state index is 5.77. The van der Waals surface area contributed by atoms with Gasteiger partial charge in [0.05, 0.1) is 11.1 Å². The van der Waals surface area contributed by atoms with Crippen molar-refractivity contribution in [1.29, 1.82) is 0 Å². The fraction of sp³-hybridized carbons (Fsp3) is 0.556. The predicted octanol–water partition coefficient (Wildman–Crippen LogP) is 3.00. The second-order valence-electron chi connectivity index (χ2n) is 6.47. The molecule has 1 saturated heterocycles. The molecule has 0 saturated carbocycles. The summed E-state index contributed by atoms with van der Waals surface area (Å²) in [6.45, 7) is 10.7. The topological polar surface area (TPSA) is 15.3 Å². The summed E-state index contributed by atoms with van der Waals surface area (Å²) in [5.74, 6) is 2.96. The number of benzene rings is 1. The normalized spacial score (nSPS) is 28.1. The molecule has 2 unspecified atom stereocenters. The highest BCUT2D eigenvalue weighted by Gasteiger charge is 2.41. The molecule has 1 heterocycles. The zero-order chi connectivity index (χ0) is 14.8. The molecule has 1 N–H and O–H groups in total. The number of hydrogen-bond acceptors (Lipinski definition) is 2. The summed E-state index contributed by atoms with van der Waals surface area (Å²) in [7, 11) is 0. The van der Waals surface area contributed by atoms with Gasteiger partial charge in [-0.15, -0.1) is 6.42 Å². The largest absolute Gasteiger partial charge is 0.305 e. The average molecular weight is 270 g/mol. The quantitative estimate of drug-likeness (QED) is 0.849. The van der Waals surface area contributed by atoms with Gasteiger partial charge in [-0.2, -0.15) is 0 Å². The van der Waals surface area contributed by atoms with E-state index in [0.717, 1.165) is 19.5 Å². The van der Waals surface area contributed by atoms with Gasteiger partial charge in [0.2, 0.25) is 0 Å². The first-order valence-corrected chi connectivity index (χ1v) is 7.48. The van der Waals surface area contributed by atoms with Crippen molar-refractivity contribution >= 4 is 0 Å². The molecule has 0 bridgehead atoms.